The number of thiophene rings is 1. The van der Waals surface area contributed by atoms with Gasteiger partial charge in [-0.1, -0.05) is 17.4 Å². The Balaban J connectivity index is 1.39. The van der Waals surface area contributed by atoms with Crippen molar-refractivity contribution < 1.29 is 14.3 Å². The summed E-state index contributed by atoms with van der Waals surface area (Å²) in [6.45, 7) is 0. The Morgan fingerprint density at radius 1 is 0.968 bits per heavy atom. The molecule has 8 heteroatoms. The fourth-order valence-electron chi connectivity index (χ4n) is 3.76. The van der Waals surface area contributed by atoms with Crippen molar-refractivity contribution >= 4 is 23.2 Å². The summed E-state index contributed by atoms with van der Waals surface area (Å²) in [5.74, 6) is -0.354. The zero-order chi connectivity index (χ0) is 21.8. The third kappa shape index (κ3) is 4.69. The average Bonchev–Trinajstić information content (AvgIpc) is 3.44. The molecule has 1 aliphatic carbocycles. The Kier molecular flexibility index (Phi) is 6.18. The largest absolute Gasteiger partial charge is 0.487 e. The quantitative estimate of drug-likeness (QED) is 0.620. The lowest BCUT2D eigenvalue weighted by Gasteiger charge is -2.22. The minimum Gasteiger partial charge on any atom is -0.487 e. The minimum atomic E-state index is -0.198. The zero-order valence-corrected chi connectivity index (χ0v) is 17.9. The summed E-state index contributed by atoms with van der Waals surface area (Å²) in [6.07, 6.45) is 4.24. The molecule has 1 aliphatic rings. The molecule has 0 spiro atoms. The summed E-state index contributed by atoms with van der Waals surface area (Å²) in [6, 6.07) is 15.1. The van der Waals surface area contributed by atoms with Crippen LogP contribution in [-0.2, 0) is 0 Å². The predicted octanol–water partition coefficient (Wildman–Crippen LogP) is 2.99. The number of methoxy groups -OCH3 is 1. The maximum absolute atomic E-state index is 12.8. The SMILES string of the molecule is COc1ccc(C(=O)NC2CCCC2NC(=O)c2ccc(-n3ccccc3=O)cc2)s1. The molecule has 1 saturated carbocycles. The van der Waals surface area contributed by atoms with Gasteiger partial charge >= 0.3 is 0 Å². The van der Waals surface area contributed by atoms with Gasteiger partial charge < -0.3 is 15.4 Å². The van der Waals surface area contributed by atoms with Gasteiger partial charge in [0.25, 0.3) is 17.4 Å². The highest BCUT2D eigenvalue weighted by Gasteiger charge is 2.30. The van der Waals surface area contributed by atoms with Crippen LogP contribution in [0.3, 0.4) is 0 Å². The summed E-state index contributed by atoms with van der Waals surface area (Å²) in [5.41, 5.74) is 1.07. The van der Waals surface area contributed by atoms with Gasteiger partial charge in [0, 0.05) is 35.6 Å². The summed E-state index contributed by atoms with van der Waals surface area (Å²) < 4.78 is 6.66. The van der Waals surface area contributed by atoms with Crippen LogP contribution < -0.4 is 20.9 Å². The minimum absolute atomic E-state index is 0.119. The smallest absolute Gasteiger partial charge is 0.261 e. The highest BCUT2D eigenvalue weighted by atomic mass is 32.1. The number of pyridine rings is 1. The first-order valence-corrected chi connectivity index (χ1v) is 10.9. The summed E-state index contributed by atoms with van der Waals surface area (Å²) in [5, 5.41) is 6.77. The van der Waals surface area contributed by atoms with Gasteiger partial charge in [0.2, 0.25) is 0 Å². The molecule has 2 atom stereocenters. The summed E-state index contributed by atoms with van der Waals surface area (Å²) in [4.78, 5) is 37.8. The van der Waals surface area contributed by atoms with Crippen molar-refractivity contribution in [1.82, 2.24) is 15.2 Å². The second-order valence-corrected chi connectivity index (χ2v) is 8.42. The number of nitrogens with zero attached hydrogens (tertiary/aromatic N) is 1. The standard InChI is InChI=1S/C23H23N3O4S/c1-30-21-13-12-19(31-21)23(29)25-18-6-4-5-17(18)24-22(28)15-8-10-16(11-9-15)26-14-3-2-7-20(26)27/h2-3,7-14,17-18H,4-6H2,1H3,(H,24,28)(H,25,29). The molecule has 0 saturated heterocycles. The van der Waals surface area contributed by atoms with E-state index < -0.39 is 0 Å². The fourth-order valence-corrected chi connectivity index (χ4v) is 4.49. The predicted molar refractivity (Wildman–Crippen MR) is 119 cm³/mol. The molecule has 2 amide bonds. The van der Waals surface area contributed by atoms with Gasteiger partial charge in [-0.25, -0.2) is 0 Å². The maximum atomic E-state index is 12.8. The van der Waals surface area contributed by atoms with Gasteiger partial charge in [-0.15, -0.1) is 0 Å². The molecule has 2 unspecified atom stereocenters. The number of ether oxygens (including phenoxy) is 1. The molecule has 3 aromatic rings. The van der Waals surface area contributed by atoms with Gasteiger partial charge in [-0.2, -0.15) is 0 Å². The third-order valence-corrected chi connectivity index (χ3v) is 6.43. The number of carbonyl (C=O) groups is 2. The van der Waals surface area contributed by atoms with Gasteiger partial charge in [-0.05, 0) is 61.7 Å². The number of hydrogen-bond acceptors (Lipinski definition) is 5. The highest BCUT2D eigenvalue weighted by Crippen LogP contribution is 2.25. The van der Waals surface area contributed by atoms with Crippen LogP contribution in [0.15, 0.2) is 65.6 Å². The number of aromatic nitrogens is 1. The molecule has 1 aromatic carbocycles. The number of amides is 2. The lowest BCUT2D eigenvalue weighted by atomic mass is 10.1. The van der Waals surface area contributed by atoms with E-state index in [1.807, 2.05) is 0 Å². The van der Waals surface area contributed by atoms with Crippen molar-refractivity contribution in [3.8, 4) is 10.8 Å². The topological polar surface area (TPSA) is 89.4 Å². The van der Waals surface area contributed by atoms with Crippen LogP contribution in [0.4, 0.5) is 0 Å². The summed E-state index contributed by atoms with van der Waals surface area (Å²) >= 11 is 1.29. The molecule has 2 N–H and O–H groups in total. The lowest BCUT2D eigenvalue weighted by molar-refractivity contribution is 0.0894. The molecule has 4 rings (SSSR count). The van der Waals surface area contributed by atoms with Crippen molar-refractivity contribution in [1.29, 1.82) is 0 Å². The van der Waals surface area contributed by atoms with E-state index in [0.717, 1.165) is 19.3 Å². The molecule has 1 fully saturated rings. The fraction of sp³-hybridized carbons (Fsp3) is 0.261. The van der Waals surface area contributed by atoms with E-state index in [9.17, 15) is 14.4 Å². The Bertz CT molecular complexity index is 1140. The Morgan fingerprint density at radius 3 is 2.32 bits per heavy atom. The third-order valence-electron chi connectivity index (χ3n) is 5.39. The van der Waals surface area contributed by atoms with Gasteiger partial charge in [0.05, 0.1) is 12.0 Å². The second kappa shape index (κ2) is 9.18. The van der Waals surface area contributed by atoms with Crippen LogP contribution >= 0.6 is 11.3 Å². The normalized spacial score (nSPS) is 17.8. The molecular formula is C23H23N3O4S. The van der Waals surface area contributed by atoms with Crippen molar-refractivity contribution in [2.24, 2.45) is 0 Å². The van der Waals surface area contributed by atoms with Crippen molar-refractivity contribution in [2.45, 2.75) is 31.3 Å². The molecule has 31 heavy (non-hydrogen) atoms. The monoisotopic (exact) mass is 437 g/mol. The first-order valence-electron chi connectivity index (χ1n) is 10.1. The van der Waals surface area contributed by atoms with Crippen LogP contribution in [0.25, 0.3) is 5.69 Å². The van der Waals surface area contributed by atoms with Crippen LogP contribution in [0.5, 0.6) is 5.06 Å². The van der Waals surface area contributed by atoms with Crippen LogP contribution in [0, 0.1) is 0 Å². The van der Waals surface area contributed by atoms with E-state index in [1.54, 1.807) is 61.8 Å². The average molecular weight is 438 g/mol. The maximum Gasteiger partial charge on any atom is 0.261 e. The molecular weight excluding hydrogens is 414 g/mol. The first-order chi connectivity index (χ1) is 15.0. The number of benzene rings is 1. The van der Waals surface area contributed by atoms with E-state index in [0.29, 0.717) is 21.2 Å². The van der Waals surface area contributed by atoms with Crippen molar-refractivity contribution in [3.63, 3.8) is 0 Å². The first kappa shape index (κ1) is 20.9. The lowest BCUT2D eigenvalue weighted by Crippen LogP contribution is -2.48. The molecule has 2 heterocycles. The molecule has 7 nitrogen and oxygen atoms in total. The molecule has 0 radical (unpaired) electrons. The molecule has 160 valence electrons. The Hall–Kier alpha value is -3.39. The molecule has 2 aromatic heterocycles. The van der Waals surface area contributed by atoms with E-state index in [1.165, 1.54) is 22.0 Å². The zero-order valence-electron chi connectivity index (χ0n) is 17.0. The van der Waals surface area contributed by atoms with E-state index in [4.69, 9.17) is 4.74 Å². The Labute approximate surface area is 183 Å². The van der Waals surface area contributed by atoms with Crippen molar-refractivity contribution in [3.05, 3.63) is 81.6 Å². The highest BCUT2D eigenvalue weighted by molar-refractivity contribution is 7.15. The number of rotatable bonds is 6. The van der Waals surface area contributed by atoms with Gasteiger partial charge in [0.15, 0.2) is 5.06 Å². The Morgan fingerprint density at radius 2 is 1.68 bits per heavy atom. The molecule has 0 bridgehead atoms. The molecule has 0 aliphatic heterocycles. The number of carbonyl (C=O) groups excluding carboxylic acids is 2. The van der Waals surface area contributed by atoms with Crippen LogP contribution in [0.2, 0.25) is 0 Å². The van der Waals surface area contributed by atoms with Crippen molar-refractivity contribution in [2.75, 3.05) is 7.11 Å². The van der Waals surface area contributed by atoms with E-state index >= 15 is 0 Å². The van der Waals surface area contributed by atoms with Gasteiger partial charge in [0.1, 0.15) is 0 Å². The summed E-state index contributed by atoms with van der Waals surface area (Å²) in [7, 11) is 1.57. The van der Waals surface area contributed by atoms with E-state index in [2.05, 4.69) is 10.6 Å². The number of hydrogen-bond donors (Lipinski definition) is 2. The number of nitrogens with one attached hydrogen (secondary N) is 2. The van der Waals surface area contributed by atoms with E-state index in [-0.39, 0.29) is 29.5 Å². The van der Waals surface area contributed by atoms with Gasteiger partial charge in [-0.3, -0.25) is 19.0 Å². The van der Waals surface area contributed by atoms with Crippen LogP contribution in [-0.4, -0.2) is 35.6 Å². The second-order valence-electron chi connectivity index (χ2n) is 7.37. The van der Waals surface area contributed by atoms with Crippen LogP contribution in [0.1, 0.15) is 39.3 Å².